The SMILES string of the molecule is CN=C(NCc1sccc1C)NC(C)COC.I. The predicted molar refractivity (Wildman–Crippen MR) is 89.1 cm³/mol. The first-order valence-corrected chi connectivity index (χ1v) is 6.54. The average Bonchev–Trinajstić information content (AvgIpc) is 2.70. The zero-order valence-corrected chi connectivity index (χ0v) is 14.5. The van der Waals surface area contributed by atoms with E-state index < -0.39 is 0 Å². The van der Waals surface area contributed by atoms with Crippen molar-refractivity contribution in [2.45, 2.75) is 26.4 Å². The smallest absolute Gasteiger partial charge is 0.191 e. The molecule has 1 aromatic rings. The lowest BCUT2D eigenvalue weighted by molar-refractivity contribution is 0.179. The van der Waals surface area contributed by atoms with E-state index in [0.29, 0.717) is 6.61 Å². The van der Waals surface area contributed by atoms with E-state index in [0.717, 1.165) is 12.5 Å². The summed E-state index contributed by atoms with van der Waals surface area (Å²) in [6, 6.07) is 2.38. The Balaban J connectivity index is 0.00000289. The average molecular weight is 383 g/mol. The molecule has 1 heterocycles. The highest BCUT2D eigenvalue weighted by atomic mass is 127. The van der Waals surface area contributed by atoms with Crippen LogP contribution in [0.5, 0.6) is 0 Å². The molecule has 0 spiro atoms. The molecule has 1 unspecified atom stereocenters. The van der Waals surface area contributed by atoms with Crippen LogP contribution in [0, 0.1) is 6.92 Å². The maximum Gasteiger partial charge on any atom is 0.191 e. The van der Waals surface area contributed by atoms with Crippen molar-refractivity contribution in [3.63, 3.8) is 0 Å². The third kappa shape index (κ3) is 6.01. The minimum atomic E-state index is 0. The molecule has 0 saturated heterocycles. The first-order valence-electron chi connectivity index (χ1n) is 5.66. The van der Waals surface area contributed by atoms with E-state index in [1.807, 2.05) is 0 Å². The molecule has 6 heteroatoms. The Morgan fingerprint density at radius 2 is 2.28 bits per heavy atom. The van der Waals surface area contributed by atoms with Gasteiger partial charge in [0.25, 0.3) is 0 Å². The van der Waals surface area contributed by atoms with E-state index in [2.05, 4.69) is 40.9 Å². The van der Waals surface area contributed by atoms with E-state index in [1.54, 1.807) is 25.5 Å². The highest BCUT2D eigenvalue weighted by Crippen LogP contribution is 2.14. The summed E-state index contributed by atoms with van der Waals surface area (Å²) in [7, 11) is 3.47. The second-order valence-electron chi connectivity index (χ2n) is 3.95. The molecule has 18 heavy (non-hydrogen) atoms. The van der Waals surface area contributed by atoms with Gasteiger partial charge in [-0.3, -0.25) is 4.99 Å². The van der Waals surface area contributed by atoms with Crippen molar-refractivity contribution >= 4 is 41.3 Å². The Labute approximate surface area is 130 Å². The first-order chi connectivity index (χ1) is 8.17. The van der Waals surface area contributed by atoms with E-state index >= 15 is 0 Å². The topological polar surface area (TPSA) is 45.7 Å². The van der Waals surface area contributed by atoms with Gasteiger partial charge in [0.05, 0.1) is 13.2 Å². The zero-order valence-electron chi connectivity index (χ0n) is 11.3. The molecule has 1 atom stereocenters. The standard InChI is InChI=1S/C12H21N3OS.HI/c1-9-5-6-17-11(9)7-14-12(13-3)15-10(2)8-16-4;/h5-6,10H,7-8H2,1-4H3,(H2,13,14,15);1H. The van der Waals surface area contributed by atoms with Crippen molar-refractivity contribution in [3.05, 3.63) is 21.9 Å². The maximum atomic E-state index is 5.08. The summed E-state index contributed by atoms with van der Waals surface area (Å²) in [5, 5.41) is 8.67. The number of ether oxygens (including phenoxy) is 1. The normalized spacial score (nSPS) is 12.8. The van der Waals surface area contributed by atoms with Crippen LogP contribution >= 0.6 is 35.3 Å². The molecular weight excluding hydrogens is 361 g/mol. The van der Waals surface area contributed by atoms with E-state index in [4.69, 9.17) is 4.74 Å². The van der Waals surface area contributed by atoms with Gasteiger partial charge < -0.3 is 15.4 Å². The number of nitrogens with one attached hydrogen (secondary N) is 2. The summed E-state index contributed by atoms with van der Waals surface area (Å²) in [4.78, 5) is 5.52. The van der Waals surface area contributed by atoms with Gasteiger partial charge in [0.15, 0.2) is 5.96 Å². The summed E-state index contributed by atoms with van der Waals surface area (Å²) in [6.45, 7) is 5.66. The van der Waals surface area contributed by atoms with Gasteiger partial charge in [-0.1, -0.05) is 0 Å². The van der Waals surface area contributed by atoms with Crippen molar-refractivity contribution in [2.75, 3.05) is 20.8 Å². The summed E-state index contributed by atoms with van der Waals surface area (Å²) in [5.41, 5.74) is 1.32. The maximum absolute atomic E-state index is 5.08. The molecule has 0 aliphatic heterocycles. The van der Waals surface area contributed by atoms with E-state index in [-0.39, 0.29) is 30.0 Å². The highest BCUT2D eigenvalue weighted by Gasteiger charge is 2.05. The van der Waals surface area contributed by atoms with Crippen LogP contribution in [0.15, 0.2) is 16.4 Å². The van der Waals surface area contributed by atoms with Crippen LogP contribution in [0.4, 0.5) is 0 Å². The molecule has 0 fully saturated rings. The number of halogens is 1. The fourth-order valence-corrected chi connectivity index (χ4v) is 2.31. The minimum Gasteiger partial charge on any atom is -0.383 e. The second kappa shape index (κ2) is 9.57. The van der Waals surface area contributed by atoms with Crippen LogP contribution in [0.2, 0.25) is 0 Å². The van der Waals surface area contributed by atoms with Gasteiger partial charge in [0.2, 0.25) is 0 Å². The summed E-state index contributed by atoms with van der Waals surface area (Å²) >= 11 is 1.76. The molecule has 2 N–H and O–H groups in total. The van der Waals surface area contributed by atoms with Crippen LogP contribution < -0.4 is 10.6 Å². The van der Waals surface area contributed by atoms with Gasteiger partial charge in [-0.2, -0.15) is 0 Å². The van der Waals surface area contributed by atoms with Crippen LogP contribution in [-0.4, -0.2) is 32.8 Å². The van der Waals surface area contributed by atoms with Crippen molar-refractivity contribution in [1.29, 1.82) is 0 Å². The molecule has 0 radical (unpaired) electrons. The lowest BCUT2D eigenvalue weighted by atomic mass is 10.3. The molecular formula is C12H22IN3OS. The van der Waals surface area contributed by atoms with Gasteiger partial charge in [-0.25, -0.2) is 0 Å². The third-order valence-electron chi connectivity index (χ3n) is 2.41. The number of nitrogens with zero attached hydrogens (tertiary/aromatic N) is 1. The number of aryl methyl sites for hydroxylation is 1. The first kappa shape index (κ1) is 17.7. The second-order valence-corrected chi connectivity index (χ2v) is 4.95. The van der Waals surface area contributed by atoms with Crippen molar-refractivity contribution in [3.8, 4) is 0 Å². The Bertz CT molecular complexity index is 368. The zero-order chi connectivity index (χ0) is 12.7. The van der Waals surface area contributed by atoms with Crippen molar-refractivity contribution in [2.24, 2.45) is 4.99 Å². The van der Waals surface area contributed by atoms with Crippen molar-refractivity contribution in [1.82, 2.24) is 10.6 Å². The number of hydrogen-bond acceptors (Lipinski definition) is 3. The number of aliphatic imine (C=N–C) groups is 1. The largest absolute Gasteiger partial charge is 0.383 e. The number of guanidine groups is 1. The molecule has 0 saturated carbocycles. The van der Waals surface area contributed by atoms with Gasteiger partial charge in [0, 0.05) is 25.1 Å². The molecule has 0 amide bonds. The quantitative estimate of drug-likeness (QED) is 0.466. The monoisotopic (exact) mass is 383 g/mol. The minimum absolute atomic E-state index is 0. The van der Waals surface area contributed by atoms with Gasteiger partial charge in [-0.05, 0) is 30.9 Å². The van der Waals surface area contributed by atoms with Crippen LogP contribution in [0.3, 0.4) is 0 Å². The van der Waals surface area contributed by atoms with Gasteiger partial charge in [-0.15, -0.1) is 35.3 Å². The molecule has 0 aliphatic carbocycles. The number of thiophene rings is 1. The Hall–Kier alpha value is -0.340. The Morgan fingerprint density at radius 1 is 1.56 bits per heavy atom. The van der Waals surface area contributed by atoms with E-state index in [1.165, 1.54) is 10.4 Å². The molecule has 104 valence electrons. The fraction of sp³-hybridized carbons (Fsp3) is 0.583. The van der Waals surface area contributed by atoms with Crippen molar-refractivity contribution < 1.29 is 4.74 Å². The predicted octanol–water partition coefficient (Wildman–Crippen LogP) is 2.37. The van der Waals surface area contributed by atoms with Gasteiger partial charge in [0.1, 0.15) is 0 Å². The third-order valence-corrected chi connectivity index (χ3v) is 3.43. The number of hydrogen-bond donors (Lipinski definition) is 2. The fourth-order valence-electron chi connectivity index (χ4n) is 1.47. The van der Waals surface area contributed by atoms with Gasteiger partial charge >= 0.3 is 0 Å². The summed E-state index contributed by atoms with van der Waals surface area (Å²) < 4.78 is 5.08. The van der Waals surface area contributed by atoms with E-state index in [9.17, 15) is 0 Å². The molecule has 4 nitrogen and oxygen atoms in total. The lowest BCUT2D eigenvalue weighted by Crippen LogP contribution is -2.43. The summed E-state index contributed by atoms with van der Waals surface area (Å²) in [6.07, 6.45) is 0. The molecule has 1 aromatic heterocycles. The highest BCUT2D eigenvalue weighted by molar-refractivity contribution is 14.0. The van der Waals surface area contributed by atoms with Crippen LogP contribution in [0.25, 0.3) is 0 Å². The lowest BCUT2D eigenvalue weighted by Gasteiger charge is -2.17. The molecule has 0 aliphatic rings. The van der Waals surface area contributed by atoms with Crippen LogP contribution in [0.1, 0.15) is 17.4 Å². The Kier molecular flexibility index (Phi) is 9.39. The number of methoxy groups -OCH3 is 1. The summed E-state index contributed by atoms with van der Waals surface area (Å²) in [5.74, 6) is 0.808. The number of rotatable bonds is 5. The molecule has 0 bridgehead atoms. The molecule has 1 rings (SSSR count). The molecule has 0 aromatic carbocycles. The Morgan fingerprint density at radius 3 is 2.78 bits per heavy atom. The van der Waals surface area contributed by atoms with Crippen LogP contribution in [-0.2, 0) is 11.3 Å².